The fraction of sp³-hybridized carbons (Fsp3) is 0.273. The number of aromatic nitrogens is 2. The average Bonchev–Trinajstić information content (AvgIpc) is 2.79. The molecule has 0 saturated heterocycles. The van der Waals surface area contributed by atoms with Crippen LogP contribution in [0.1, 0.15) is 11.8 Å². The van der Waals surface area contributed by atoms with Gasteiger partial charge >= 0.3 is 0 Å². The molecule has 0 saturated carbocycles. The molecule has 0 aliphatic carbocycles. The molecule has 1 aromatic carbocycles. The lowest BCUT2D eigenvalue weighted by Gasteiger charge is -2.03. The fourth-order valence-corrected chi connectivity index (χ4v) is 1.26. The van der Waals surface area contributed by atoms with E-state index in [0.29, 0.717) is 5.89 Å². The third-order valence-corrected chi connectivity index (χ3v) is 2.09. The number of aliphatic hydroxyl groups is 1. The van der Waals surface area contributed by atoms with Gasteiger partial charge in [-0.15, -0.1) is 10.2 Å². The molecule has 2 aromatic rings. The van der Waals surface area contributed by atoms with Gasteiger partial charge in [-0.1, -0.05) is 0 Å². The summed E-state index contributed by atoms with van der Waals surface area (Å²) in [6, 6.07) is 3.19. The smallest absolute Gasteiger partial charge is 0.253 e. The first-order valence-corrected chi connectivity index (χ1v) is 5.19. The highest BCUT2D eigenvalue weighted by molar-refractivity contribution is 5.23. The summed E-state index contributed by atoms with van der Waals surface area (Å²) < 4.78 is 35.8. The minimum absolute atomic E-state index is 0.0521. The van der Waals surface area contributed by atoms with Crippen molar-refractivity contribution in [1.82, 2.24) is 10.2 Å². The van der Waals surface area contributed by atoms with E-state index in [9.17, 15) is 8.78 Å². The molecule has 18 heavy (non-hydrogen) atoms. The van der Waals surface area contributed by atoms with Crippen molar-refractivity contribution in [2.45, 2.75) is 13.0 Å². The van der Waals surface area contributed by atoms with Gasteiger partial charge in [0.1, 0.15) is 5.75 Å². The highest BCUT2D eigenvalue weighted by Crippen LogP contribution is 2.16. The zero-order chi connectivity index (χ0) is 13.0. The molecule has 1 aromatic heterocycles. The second kappa shape index (κ2) is 5.54. The normalized spacial score (nSPS) is 10.6. The van der Waals surface area contributed by atoms with E-state index in [2.05, 4.69) is 10.2 Å². The molecule has 1 heterocycles. The Hall–Kier alpha value is -2.02. The summed E-state index contributed by atoms with van der Waals surface area (Å²) in [7, 11) is 0. The molecular formula is C11H10F2N2O3. The number of rotatable bonds is 5. The molecule has 0 aliphatic heterocycles. The number of aliphatic hydroxyl groups excluding tert-OH is 1. The topological polar surface area (TPSA) is 68.4 Å². The number of hydrogen-bond donors (Lipinski definition) is 1. The Bertz CT molecular complexity index is 531. The number of ether oxygens (including phenoxy) is 1. The summed E-state index contributed by atoms with van der Waals surface area (Å²) in [6.07, 6.45) is 0.262. The quantitative estimate of drug-likeness (QED) is 0.877. The van der Waals surface area contributed by atoms with Crippen LogP contribution in [0.3, 0.4) is 0 Å². The second-order valence-corrected chi connectivity index (χ2v) is 3.43. The Morgan fingerprint density at radius 2 is 1.94 bits per heavy atom. The van der Waals surface area contributed by atoms with Gasteiger partial charge in [0, 0.05) is 12.5 Å². The summed E-state index contributed by atoms with van der Waals surface area (Å²) >= 11 is 0. The molecule has 96 valence electrons. The molecule has 0 atom stereocenters. The van der Waals surface area contributed by atoms with Crippen LogP contribution >= 0.6 is 0 Å². The largest absolute Gasteiger partial charge is 0.484 e. The minimum atomic E-state index is -0.987. The third-order valence-electron chi connectivity index (χ3n) is 2.09. The van der Waals surface area contributed by atoms with Crippen LogP contribution in [-0.2, 0) is 13.0 Å². The van der Waals surface area contributed by atoms with E-state index >= 15 is 0 Å². The van der Waals surface area contributed by atoms with E-state index in [1.807, 2.05) is 0 Å². The molecule has 0 fully saturated rings. The van der Waals surface area contributed by atoms with Crippen LogP contribution in [0.15, 0.2) is 22.6 Å². The minimum Gasteiger partial charge on any atom is -0.484 e. The van der Waals surface area contributed by atoms with Crippen molar-refractivity contribution < 1.29 is 23.0 Å². The lowest BCUT2D eigenvalue weighted by molar-refractivity contribution is 0.248. The van der Waals surface area contributed by atoms with Gasteiger partial charge in [0.15, 0.2) is 18.2 Å². The first-order chi connectivity index (χ1) is 8.69. The molecule has 5 nitrogen and oxygen atoms in total. The van der Waals surface area contributed by atoms with E-state index in [1.54, 1.807) is 0 Å². The molecule has 1 N–H and O–H groups in total. The van der Waals surface area contributed by atoms with Crippen molar-refractivity contribution in [3.05, 3.63) is 41.6 Å². The maximum absolute atomic E-state index is 12.9. The number of nitrogens with zero attached hydrogens (tertiary/aromatic N) is 2. The molecular weight excluding hydrogens is 246 g/mol. The summed E-state index contributed by atoms with van der Waals surface area (Å²) in [5.41, 5.74) is 0. The molecule has 0 unspecified atom stereocenters. The summed E-state index contributed by atoms with van der Waals surface area (Å²) in [5, 5.41) is 16.0. The standard InChI is InChI=1S/C11H10F2N2O3/c12-8-2-1-7(5-9(8)13)17-6-11-15-14-10(18-11)3-4-16/h1-2,5,16H,3-4,6H2. The summed E-state index contributed by atoms with van der Waals surface area (Å²) in [5.74, 6) is -1.27. The molecule has 2 rings (SSSR count). The Kier molecular flexibility index (Phi) is 3.83. The molecule has 0 bridgehead atoms. The van der Waals surface area contributed by atoms with Crippen molar-refractivity contribution in [1.29, 1.82) is 0 Å². The molecule has 0 spiro atoms. The highest BCUT2D eigenvalue weighted by Gasteiger charge is 2.08. The fourth-order valence-electron chi connectivity index (χ4n) is 1.26. The first-order valence-electron chi connectivity index (χ1n) is 5.19. The van der Waals surface area contributed by atoms with Crippen molar-refractivity contribution >= 4 is 0 Å². The zero-order valence-corrected chi connectivity index (χ0v) is 9.27. The van der Waals surface area contributed by atoms with Crippen molar-refractivity contribution in [3.8, 4) is 5.75 Å². The summed E-state index contributed by atoms with van der Waals surface area (Å²) in [6.45, 7) is -0.144. The van der Waals surface area contributed by atoms with Crippen LogP contribution in [0, 0.1) is 11.6 Å². The molecule has 0 radical (unpaired) electrons. The average molecular weight is 256 g/mol. The van der Waals surface area contributed by atoms with E-state index in [1.165, 1.54) is 6.07 Å². The lowest BCUT2D eigenvalue weighted by Crippen LogP contribution is -1.96. The van der Waals surface area contributed by atoms with E-state index in [4.69, 9.17) is 14.3 Å². The summed E-state index contributed by atoms with van der Waals surface area (Å²) in [4.78, 5) is 0. The number of halogens is 2. The van der Waals surface area contributed by atoms with Crippen LogP contribution in [0.25, 0.3) is 0 Å². The lowest BCUT2D eigenvalue weighted by atomic mass is 10.3. The monoisotopic (exact) mass is 256 g/mol. The predicted molar refractivity (Wildman–Crippen MR) is 55.8 cm³/mol. The SMILES string of the molecule is OCCc1nnc(COc2ccc(F)c(F)c2)o1. The predicted octanol–water partition coefficient (Wildman–Crippen LogP) is 1.46. The van der Waals surface area contributed by atoms with Gasteiger partial charge in [0.25, 0.3) is 5.89 Å². The van der Waals surface area contributed by atoms with E-state index in [-0.39, 0.29) is 31.3 Å². The van der Waals surface area contributed by atoms with Gasteiger partial charge in [-0.3, -0.25) is 0 Å². The third kappa shape index (κ3) is 3.01. The van der Waals surface area contributed by atoms with Gasteiger partial charge in [-0.2, -0.15) is 0 Å². The Labute approximate surface area is 101 Å². The van der Waals surface area contributed by atoms with Gasteiger partial charge in [-0.25, -0.2) is 8.78 Å². The number of benzene rings is 1. The van der Waals surface area contributed by atoms with Gasteiger partial charge in [0.05, 0.1) is 6.61 Å². The Morgan fingerprint density at radius 3 is 2.67 bits per heavy atom. The van der Waals surface area contributed by atoms with Crippen LogP contribution in [-0.4, -0.2) is 21.9 Å². The maximum atomic E-state index is 12.9. The number of hydrogen-bond acceptors (Lipinski definition) is 5. The molecule has 0 amide bonds. The van der Waals surface area contributed by atoms with Crippen LogP contribution < -0.4 is 4.74 Å². The first kappa shape index (κ1) is 12.4. The van der Waals surface area contributed by atoms with Gasteiger partial charge in [0.2, 0.25) is 5.89 Å². The van der Waals surface area contributed by atoms with E-state index in [0.717, 1.165) is 12.1 Å². The van der Waals surface area contributed by atoms with Gasteiger partial charge in [-0.05, 0) is 12.1 Å². The van der Waals surface area contributed by atoms with Crippen molar-refractivity contribution in [2.75, 3.05) is 6.61 Å². The zero-order valence-electron chi connectivity index (χ0n) is 9.27. The van der Waals surface area contributed by atoms with Gasteiger partial charge < -0.3 is 14.3 Å². The second-order valence-electron chi connectivity index (χ2n) is 3.43. The van der Waals surface area contributed by atoms with Crippen LogP contribution in [0.4, 0.5) is 8.78 Å². The maximum Gasteiger partial charge on any atom is 0.253 e. The molecule has 7 heteroatoms. The van der Waals surface area contributed by atoms with Crippen molar-refractivity contribution in [3.63, 3.8) is 0 Å². The van der Waals surface area contributed by atoms with Crippen molar-refractivity contribution in [2.24, 2.45) is 0 Å². The molecule has 0 aliphatic rings. The van der Waals surface area contributed by atoms with E-state index < -0.39 is 11.6 Å². The Morgan fingerprint density at radius 1 is 1.17 bits per heavy atom. The van der Waals surface area contributed by atoms with Crippen LogP contribution in [0.2, 0.25) is 0 Å². The Balaban J connectivity index is 1.95. The highest BCUT2D eigenvalue weighted by atomic mass is 19.2. The van der Waals surface area contributed by atoms with Crippen LogP contribution in [0.5, 0.6) is 5.75 Å².